The highest BCUT2D eigenvalue weighted by Crippen LogP contribution is 2.16. The molecule has 1 aromatic rings. The first-order chi connectivity index (χ1) is 5.93. The van der Waals surface area contributed by atoms with E-state index in [9.17, 15) is 0 Å². The van der Waals surface area contributed by atoms with Gasteiger partial charge in [-0.3, -0.25) is 4.68 Å². The second-order valence-corrected chi connectivity index (χ2v) is 4.00. The van der Waals surface area contributed by atoms with E-state index in [0.717, 1.165) is 0 Å². The fourth-order valence-corrected chi connectivity index (χ4v) is 1.17. The van der Waals surface area contributed by atoms with Crippen LogP contribution in [0.2, 0.25) is 0 Å². The third-order valence-electron chi connectivity index (χ3n) is 1.89. The molecule has 0 fully saturated rings. The fourth-order valence-electron chi connectivity index (χ4n) is 1.17. The minimum atomic E-state index is 0.109. The third kappa shape index (κ3) is 2.87. The zero-order valence-corrected chi connectivity index (χ0v) is 9.97. The van der Waals surface area contributed by atoms with Crippen LogP contribution in [-0.4, -0.2) is 9.78 Å². The summed E-state index contributed by atoms with van der Waals surface area (Å²) >= 11 is 0. The minimum Gasteiger partial charge on any atom is -0.264 e. The van der Waals surface area contributed by atoms with Crippen molar-refractivity contribution in [1.29, 1.82) is 0 Å². The molecule has 0 bridgehead atoms. The summed E-state index contributed by atoms with van der Waals surface area (Å²) in [6.45, 7) is 14.7. The lowest BCUT2D eigenvalue weighted by atomic mass is 10.1. The molecule has 0 spiro atoms. The van der Waals surface area contributed by atoms with E-state index in [-0.39, 0.29) is 5.54 Å². The minimum absolute atomic E-state index is 0.109. The number of nitrogens with zero attached hydrogens (tertiary/aromatic N) is 2. The SMILES string of the molecule is CC.Cc1cnn(C(C)(C)C)c1C. The van der Waals surface area contributed by atoms with Crippen LogP contribution in [0.5, 0.6) is 0 Å². The van der Waals surface area contributed by atoms with E-state index in [1.54, 1.807) is 0 Å². The van der Waals surface area contributed by atoms with Crippen LogP contribution in [0, 0.1) is 13.8 Å². The van der Waals surface area contributed by atoms with E-state index in [4.69, 9.17) is 0 Å². The molecule has 0 aliphatic carbocycles. The van der Waals surface area contributed by atoms with Gasteiger partial charge in [0.2, 0.25) is 0 Å². The first-order valence-electron chi connectivity index (χ1n) is 4.94. The molecule has 0 atom stereocenters. The van der Waals surface area contributed by atoms with Crippen molar-refractivity contribution in [2.75, 3.05) is 0 Å². The smallest absolute Gasteiger partial charge is 0.0546 e. The standard InChI is InChI=1S/C9H16N2.C2H6/c1-7-6-10-11(8(7)2)9(3,4)5;1-2/h6H,1-5H3;1-2H3. The molecule has 0 aliphatic rings. The molecule has 0 radical (unpaired) electrons. The molecule has 0 unspecified atom stereocenters. The molecule has 0 saturated heterocycles. The average molecular weight is 182 g/mol. The number of hydrogen-bond donors (Lipinski definition) is 0. The second kappa shape index (κ2) is 4.45. The average Bonchev–Trinajstić information content (AvgIpc) is 2.36. The molecule has 2 heteroatoms. The van der Waals surface area contributed by atoms with Gasteiger partial charge in [-0.1, -0.05) is 13.8 Å². The summed E-state index contributed by atoms with van der Waals surface area (Å²) < 4.78 is 2.06. The molecule has 76 valence electrons. The second-order valence-electron chi connectivity index (χ2n) is 4.00. The molecule has 0 amide bonds. The van der Waals surface area contributed by atoms with E-state index >= 15 is 0 Å². The van der Waals surface area contributed by atoms with Gasteiger partial charge in [0, 0.05) is 5.69 Å². The van der Waals surface area contributed by atoms with Gasteiger partial charge in [0.15, 0.2) is 0 Å². The Kier molecular flexibility index (Phi) is 4.18. The number of aromatic nitrogens is 2. The quantitative estimate of drug-likeness (QED) is 0.602. The van der Waals surface area contributed by atoms with Crippen molar-refractivity contribution >= 4 is 0 Å². The van der Waals surface area contributed by atoms with Gasteiger partial charge >= 0.3 is 0 Å². The summed E-state index contributed by atoms with van der Waals surface area (Å²) in [4.78, 5) is 0. The van der Waals surface area contributed by atoms with E-state index in [2.05, 4.69) is 44.4 Å². The fraction of sp³-hybridized carbons (Fsp3) is 0.727. The van der Waals surface area contributed by atoms with Crippen LogP contribution < -0.4 is 0 Å². The Hall–Kier alpha value is -0.790. The molecular formula is C11H22N2. The molecule has 1 rings (SSSR count). The maximum absolute atomic E-state index is 4.30. The van der Waals surface area contributed by atoms with E-state index in [1.165, 1.54) is 11.3 Å². The number of aryl methyl sites for hydroxylation is 1. The van der Waals surface area contributed by atoms with E-state index < -0.39 is 0 Å². The Balaban J connectivity index is 0.000000671. The molecule has 0 N–H and O–H groups in total. The van der Waals surface area contributed by atoms with Gasteiger partial charge in [0.1, 0.15) is 0 Å². The third-order valence-corrected chi connectivity index (χ3v) is 1.89. The highest BCUT2D eigenvalue weighted by atomic mass is 15.3. The Morgan fingerprint density at radius 3 is 1.77 bits per heavy atom. The highest BCUT2D eigenvalue weighted by molar-refractivity contribution is 5.14. The topological polar surface area (TPSA) is 17.8 Å². The Labute approximate surface area is 82.0 Å². The van der Waals surface area contributed by atoms with Crippen molar-refractivity contribution < 1.29 is 0 Å². The van der Waals surface area contributed by atoms with Gasteiger partial charge in [-0.2, -0.15) is 5.10 Å². The zero-order valence-electron chi connectivity index (χ0n) is 9.97. The first kappa shape index (κ1) is 12.2. The van der Waals surface area contributed by atoms with Crippen LogP contribution in [0.4, 0.5) is 0 Å². The van der Waals surface area contributed by atoms with Crippen molar-refractivity contribution in [3.8, 4) is 0 Å². The summed E-state index contributed by atoms with van der Waals surface area (Å²) in [5.41, 5.74) is 2.63. The van der Waals surface area contributed by atoms with Crippen LogP contribution in [-0.2, 0) is 5.54 Å². The van der Waals surface area contributed by atoms with Crippen LogP contribution in [0.3, 0.4) is 0 Å². The molecule has 0 aliphatic heterocycles. The van der Waals surface area contributed by atoms with Crippen LogP contribution >= 0.6 is 0 Å². The molecule has 1 heterocycles. The number of hydrogen-bond acceptors (Lipinski definition) is 1. The maximum Gasteiger partial charge on any atom is 0.0546 e. The lowest BCUT2D eigenvalue weighted by Crippen LogP contribution is -2.24. The molecule has 2 nitrogen and oxygen atoms in total. The lowest BCUT2D eigenvalue weighted by molar-refractivity contribution is 0.347. The molecule has 1 aromatic heterocycles. The van der Waals surface area contributed by atoms with Gasteiger partial charge in [0.05, 0.1) is 11.7 Å². The summed E-state index contributed by atoms with van der Waals surface area (Å²) in [6.07, 6.45) is 1.92. The number of rotatable bonds is 0. The predicted molar refractivity (Wildman–Crippen MR) is 58.0 cm³/mol. The Morgan fingerprint density at radius 2 is 1.62 bits per heavy atom. The Morgan fingerprint density at radius 1 is 1.15 bits per heavy atom. The van der Waals surface area contributed by atoms with E-state index in [0.29, 0.717) is 0 Å². The molecule has 0 saturated carbocycles. The molecule has 13 heavy (non-hydrogen) atoms. The predicted octanol–water partition coefficient (Wildman–Crippen LogP) is 3.28. The lowest BCUT2D eigenvalue weighted by Gasteiger charge is -2.21. The maximum atomic E-state index is 4.30. The summed E-state index contributed by atoms with van der Waals surface area (Å²) in [7, 11) is 0. The van der Waals surface area contributed by atoms with Crippen LogP contribution in [0.15, 0.2) is 6.20 Å². The largest absolute Gasteiger partial charge is 0.264 e. The molecular weight excluding hydrogens is 160 g/mol. The monoisotopic (exact) mass is 182 g/mol. The highest BCUT2D eigenvalue weighted by Gasteiger charge is 2.16. The van der Waals surface area contributed by atoms with Crippen molar-refractivity contribution in [1.82, 2.24) is 9.78 Å². The van der Waals surface area contributed by atoms with Gasteiger partial charge < -0.3 is 0 Å². The van der Waals surface area contributed by atoms with Crippen molar-refractivity contribution in [2.24, 2.45) is 0 Å². The zero-order chi connectivity index (χ0) is 10.6. The van der Waals surface area contributed by atoms with Gasteiger partial charge in [-0.25, -0.2) is 0 Å². The van der Waals surface area contributed by atoms with Gasteiger partial charge in [-0.05, 0) is 40.2 Å². The van der Waals surface area contributed by atoms with E-state index in [1.807, 2.05) is 20.0 Å². The normalized spacial score (nSPS) is 10.7. The van der Waals surface area contributed by atoms with Crippen molar-refractivity contribution in [3.63, 3.8) is 0 Å². The molecule has 0 aromatic carbocycles. The van der Waals surface area contributed by atoms with Crippen LogP contribution in [0.1, 0.15) is 45.9 Å². The summed E-state index contributed by atoms with van der Waals surface area (Å²) in [5.74, 6) is 0. The van der Waals surface area contributed by atoms with Gasteiger partial charge in [0.25, 0.3) is 0 Å². The van der Waals surface area contributed by atoms with Crippen molar-refractivity contribution in [3.05, 3.63) is 17.5 Å². The summed E-state index contributed by atoms with van der Waals surface area (Å²) in [5, 5.41) is 4.30. The van der Waals surface area contributed by atoms with Crippen molar-refractivity contribution in [2.45, 2.75) is 54.0 Å². The first-order valence-corrected chi connectivity index (χ1v) is 4.94. The van der Waals surface area contributed by atoms with Gasteiger partial charge in [-0.15, -0.1) is 0 Å². The summed E-state index contributed by atoms with van der Waals surface area (Å²) in [6, 6.07) is 0. The van der Waals surface area contributed by atoms with Crippen LogP contribution in [0.25, 0.3) is 0 Å². The Bertz CT molecular complexity index is 254.